The van der Waals surface area contributed by atoms with E-state index in [1.165, 1.54) is 0 Å². The Bertz CT molecular complexity index is 1140. The fraction of sp³-hybridized carbons (Fsp3) is 0.190. The summed E-state index contributed by atoms with van der Waals surface area (Å²) in [6.07, 6.45) is 3.88. The van der Waals surface area contributed by atoms with Crippen LogP contribution in [0.15, 0.2) is 54.9 Å². The normalized spacial score (nSPS) is 11.0. The highest BCUT2D eigenvalue weighted by Gasteiger charge is 2.14. The highest BCUT2D eigenvalue weighted by atomic mass is 16.4. The molecular formula is C21H19N5O2. The van der Waals surface area contributed by atoms with Crippen LogP contribution in [0.5, 0.6) is 0 Å². The van der Waals surface area contributed by atoms with Crippen LogP contribution in [0.3, 0.4) is 0 Å². The number of benzene rings is 2. The first kappa shape index (κ1) is 17.8. The van der Waals surface area contributed by atoms with Crippen molar-refractivity contribution in [3.8, 4) is 22.8 Å². The Hall–Kier alpha value is -3.61. The third-order valence-corrected chi connectivity index (χ3v) is 4.47. The molecule has 28 heavy (non-hydrogen) atoms. The van der Waals surface area contributed by atoms with Crippen LogP contribution in [0.4, 0.5) is 0 Å². The standard InChI is InChI=1S/C21H19N5O2/c1-14-4-6-15(7-5-14)20-24-21(26(25-20)12-2-3-19(27)28)16-8-9-17-18(13-16)23-11-10-22-17/h4-11,13H,2-3,12H2,1H3,(H,27,28). The van der Waals surface area contributed by atoms with Gasteiger partial charge in [-0.2, -0.15) is 5.10 Å². The highest BCUT2D eigenvalue weighted by Crippen LogP contribution is 2.25. The number of fused-ring (bicyclic) bond motifs is 1. The molecule has 0 saturated carbocycles. The van der Waals surface area contributed by atoms with Crippen molar-refractivity contribution in [1.82, 2.24) is 24.7 Å². The van der Waals surface area contributed by atoms with Crippen LogP contribution < -0.4 is 0 Å². The van der Waals surface area contributed by atoms with Gasteiger partial charge in [-0.05, 0) is 31.5 Å². The minimum atomic E-state index is -0.818. The van der Waals surface area contributed by atoms with Crippen LogP contribution in [0, 0.1) is 6.92 Å². The average Bonchev–Trinajstić information content (AvgIpc) is 3.12. The van der Waals surface area contributed by atoms with Crippen LogP contribution in [0.1, 0.15) is 18.4 Å². The van der Waals surface area contributed by atoms with E-state index in [9.17, 15) is 4.79 Å². The SMILES string of the molecule is Cc1ccc(-c2nc(-c3ccc4nccnc4c3)n(CCCC(=O)O)n2)cc1. The first-order valence-electron chi connectivity index (χ1n) is 9.05. The lowest BCUT2D eigenvalue weighted by atomic mass is 10.1. The summed E-state index contributed by atoms with van der Waals surface area (Å²) in [4.78, 5) is 24.3. The number of carbonyl (C=O) groups is 1. The second-order valence-electron chi connectivity index (χ2n) is 6.61. The van der Waals surface area contributed by atoms with Crippen LogP contribution in [0.2, 0.25) is 0 Å². The lowest BCUT2D eigenvalue weighted by Gasteiger charge is -2.06. The number of aliphatic carboxylic acids is 1. The Morgan fingerprint density at radius 3 is 2.46 bits per heavy atom. The predicted molar refractivity (Wildman–Crippen MR) is 106 cm³/mol. The van der Waals surface area contributed by atoms with E-state index in [0.717, 1.165) is 27.7 Å². The number of hydrogen-bond acceptors (Lipinski definition) is 5. The molecule has 0 amide bonds. The van der Waals surface area contributed by atoms with Gasteiger partial charge in [0, 0.05) is 36.5 Å². The molecule has 0 aliphatic carbocycles. The van der Waals surface area contributed by atoms with Gasteiger partial charge >= 0.3 is 5.97 Å². The van der Waals surface area contributed by atoms with Crippen molar-refractivity contribution in [2.24, 2.45) is 0 Å². The zero-order valence-electron chi connectivity index (χ0n) is 15.4. The largest absolute Gasteiger partial charge is 0.481 e. The van der Waals surface area contributed by atoms with Gasteiger partial charge in [-0.1, -0.05) is 29.8 Å². The molecular weight excluding hydrogens is 354 g/mol. The van der Waals surface area contributed by atoms with Gasteiger partial charge in [-0.25, -0.2) is 9.67 Å². The molecule has 0 fully saturated rings. The first-order chi connectivity index (χ1) is 13.6. The third-order valence-electron chi connectivity index (χ3n) is 4.47. The molecule has 0 spiro atoms. The van der Waals surface area contributed by atoms with Gasteiger partial charge in [0.15, 0.2) is 11.6 Å². The number of aromatic nitrogens is 5. The van der Waals surface area contributed by atoms with Crippen molar-refractivity contribution in [1.29, 1.82) is 0 Å². The summed E-state index contributed by atoms with van der Waals surface area (Å²) < 4.78 is 1.77. The molecule has 0 aliphatic heterocycles. The van der Waals surface area contributed by atoms with Crippen LogP contribution in [0.25, 0.3) is 33.8 Å². The molecule has 0 radical (unpaired) electrons. The molecule has 7 heteroatoms. The maximum atomic E-state index is 10.9. The fourth-order valence-corrected chi connectivity index (χ4v) is 3.02. The fourth-order valence-electron chi connectivity index (χ4n) is 3.02. The molecule has 0 atom stereocenters. The van der Waals surface area contributed by atoms with Crippen LogP contribution in [-0.4, -0.2) is 35.8 Å². The maximum Gasteiger partial charge on any atom is 0.303 e. The van der Waals surface area contributed by atoms with E-state index in [2.05, 4.69) is 15.1 Å². The Morgan fingerprint density at radius 1 is 1.00 bits per heavy atom. The smallest absolute Gasteiger partial charge is 0.303 e. The molecule has 4 rings (SSSR count). The van der Waals surface area contributed by atoms with Gasteiger partial charge in [0.25, 0.3) is 0 Å². The minimum Gasteiger partial charge on any atom is -0.481 e. The Kier molecular flexibility index (Phi) is 4.80. The summed E-state index contributed by atoms with van der Waals surface area (Å²) in [6, 6.07) is 13.8. The third kappa shape index (κ3) is 3.73. The molecule has 0 saturated heterocycles. The first-order valence-corrected chi connectivity index (χ1v) is 9.05. The zero-order chi connectivity index (χ0) is 19.5. The molecule has 1 N–H and O–H groups in total. The van der Waals surface area contributed by atoms with Crippen LogP contribution >= 0.6 is 0 Å². The lowest BCUT2D eigenvalue weighted by Crippen LogP contribution is -2.05. The van der Waals surface area contributed by atoms with Crippen molar-refractivity contribution < 1.29 is 9.90 Å². The highest BCUT2D eigenvalue weighted by molar-refractivity contribution is 5.79. The maximum absolute atomic E-state index is 10.9. The summed E-state index contributed by atoms with van der Waals surface area (Å²) in [5.41, 5.74) is 4.54. The number of carboxylic acid groups (broad SMARTS) is 1. The predicted octanol–water partition coefficient (Wildman–Crippen LogP) is 3.73. The molecule has 0 unspecified atom stereocenters. The number of hydrogen-bond donors (Lipinski definition) is 1. The number of rotatable bonds is 6. The van der Waals surface area contributed by atoms with Gasteiger partial charge in [0.05, 0.1) is 11.0 Å². The van der Waals surface area contributed by atoms with E-state index in [-0.39, 0.29) is 6.42 Å². The van der Waals surface area contributed by atoms with Gasteiger partial charge < -0.3 is 5.11 Å². The van der Waals surface area contributed by atoms with Gasteiger partial charge in [-0.3, -0.25) is 14.8 Å². The van der Waals surface area contributed by atoms with Crippen molar-refractivity contribution >= 4 is 17.0 Å². The summed E-state index contributed by atoms with van der Waals surface area (Å²) >= 11 is 0. The Labute approximate surface area is 161 Å². The van der Waals surface area contributed by atoms with E-state index >= 15 is 0 Å². The molecule has 2 aromatic heterocycles. The number of aryl methyl sites for hydroxylation is 2. The van der Waals surface area contributed by atoms with E-state index in [0.29, 0.717) is 24.6 Å². The summed E-state index contributed by atoms with van der Waals surface area (Å²) in [7, 11) is 0. The van der Waals surface area contributed by atoms with Crippen molar-refractivity contribution in [3.05, 3.63) is 60.4 Å². The summed E-state index contributed by atoms with van der Waals surface area (Å²) in [6.45, 7) is 2.50. The Balaban J connectivity index is 1.75. The van der Waals surface area contributed by atoms with E-state index in [1.807, 2.05) is 49.4 Å². The topological polar surface area (TPSA) is 93.8 Å². The van der Waals surface area contributed by atoms with Gasteiger partial charge in [-0.15, -0.1) is 0 Å². The quantitative estimate of drug-likeness (QED) is 0.553. The molecule has 4 aromatic rings. The van der Waals surface area contributed by atoms with Crippen LogP contribution in [-0.2, 0) is 11.3 Å². The average molecular weight is 373 g/mol. The van der Waals surface area contributed by atoms with E-state index < -0.39 is 5.97 Å². The summed E-state index contributed by atoms with van der Waals surface area (Å²) in [5.74, 6) is 0.486. The van der Waals surface area contributed by atoms with E-state index in [1.54, 1.807) is 17.1 Å². The number of carboxylic acids is 1. The summed E-state index contributed by atoms with van der Waals surface area (Å²) in [5, 5.41) is 13.6. The lowest BCUT2D eigenvalue weighted by molar-refractivity contribution is -0.137. The van der Waals surface area contributed by atoms with Gasteiger partial charge in [0.2, 0.25) is 0 Å². The minimum absolute atomic E-state index is 0.0857. The second-order valence-corrected chi connectivity index (χ2v) is 6.61. The van der Waals surface area contributed by atoms with Gasteiger partial charge in [0.1, 0.15) is 0 Å². The molecule has 0 aliphatic rings. The molecule has 7 nitrogen and oxygen atoms in total. The van der Waals surface area contributed by atoms with Crippen molar-refractivity contribution in [2.75, 3.05) is 0 Å². The molecule has 2 heterocycles. The Morgan fingerprint density at radius 2 is 1.71 bits per heavy atom. The zero-order valence-corrected chi connectivity index (χ0v) is 15.4. The number of nitrogens with zero attached hydrogens (tertiary/aromatic N) is 5. The molecule has 2 aromatic carbocycles. The molecule has 0 bridgehead atoms. The van der Waals surface area contributed by atoms with Crippen molar-refractivity contribution in [3.63, 3.8) is 0 Å². The monoisotopic (exact) mass is 373 g/mol. The second kappa shape index (κ2) is 7.56. The van der Waals surface area contributed by atoms with Crippen molar-refractivity contribution in [2.45, 2.75) is 26.3 Å². The van der Waals surface area contributed by atoms with E-state index in [4.69, 9.17) is 10.1 Å². The molecule has 140 valence electrons.